The highest BCUT2D eigenvalue weighted by Crippen LogP contribution is 2.22. The standard InChI is InChI=1S/C20H26N6O2.3ClH/c1-25(2)18-6-4-3-5-15(18)13-26-10-9-17(14-26)23-19-12-21-16(11-22-19)7-8-20(27)24-28;;;/h3-8,11-12,17,28H,9-10,13-14H2,1-2H3,(H,22,23)(H,24,27);3*1H/t17-;;;/m1.../s1. The second-order valence-electron chi connectivity index (χ2n) is 7.02. The lowest BCUT2D eigenvalue weighted by Gasteiger charge is -2.22. The zero-order valence-corrected chi connectivity index (χ0v) is 19.8. The Labute approximate surface area is 201 Å². The maximum Gasteiger partial charge on any atom is 0.267 e. The smallest absolute Gasteiger partial charge is 0.267 e. The van der Waals surface area contributed by atoms with E-state index in [1.807, 2.05) is 0 Å². The summed E-state index contributed by atoms with van der Waals surface area (Å²) < 4.78 is 0. The van der Waals surface area contributed by atoms with Crippen LogP contribution in [-0.4, -0.2) is 59.2 Å². The number of para-hydroxylation sites is 1. The Morgan fingerprint density at radius 2 is 1.97 bits per heavy atom. The van der Waals surface area contributed by atoms with Crippen LogP contribution in [0.5, 0.6) is 0 Å². The lowest BCUT2D eigenvalue weighted by Crippen LogP contribution is -2.27. The number of nitrogens with zero attached hydrogens (tertiary/aromatic N) is 4. The molecule has 0 saturated carbocycles. The van der Waals surface area contributed by atoms with Gasteiger partial charge in [-0.05, 0) is 24.1 Å². The average molecular weight is 492 g/mol. The lowest BCUT2D eigenvalue weighted by molar-refractivity contribution is -0.124. The van der Waals surface area contributed by atoms with E-state index in [1.54, 1.807) is 12.4 Å². The van der Waals surface area contributed by atoms with Gasteiger partial charge in [0.25, 0.3) is 5.91 Å². The van der Waals surface area contributed by atoms with Crippen molar-refractivity contribution in [1.82, 2.24) is 20.3 Å². The minimum Gasteiger partial charge on any atom is -0.377 e. The highest BCUT2D eigenvalue weighted by molar-refractivity contribution is 5.90. The highest BCUT2D eigenvalue weighted by Gasteiger charge is 2.23. The summed E-state index contributed by atoms with van der Waals surface area (Å²) in [6.45, 7) is 2.90. The number of benzene rings is 1. The molecule has 2 heterocycles. The van der Waals surface area contributed by atoms with Crippen molar-refractivity contribution in [2.45, 2.75) is 19.0 Å². The van der Waals surface area contributed by atoms with Crippen molar-refractivity contribution in [1.29, 1.82) is 0 Å². The molecule has 1 aliphatic heterocycles. The largest absolute Gasteiger partial charge is 0.377 e. The van der Waals surface area contributed by atoms with Crippen LogP contribution in [0.2, 0.25) is 0 Å². The number of hydrogen-bond acceptors (Lipinski definition) is 7. The Morgan fingerprint density at radius 3 is 2.61 bits per heavy atom. The third-order valence-corrected chi connectivity index (χ3v) is 4.68. The molecule has 31 heavy (non-hydrogen) atoms. The van der Waals surface area contributed by atoms with Gasteiger partial charge in [0.2, 0.25) is 0 Å². The molecule has 3 rings (SSSR count). The van der Waals surface area contributed by atoms with Crippen molar-refractivity contribution in [2.75, 3.05) is 37.4 Å². The van der Waals surface area contributed by atoms with Crippen LogP contribution >= 0.6 is 37.2 Å². The summed E-state index contributed by atoms with van der Waals surface area (Å²) >= 11 is 0. The van der Waals surface area contributed by atoms with E-state index in [0.29, 0.717) is 17.6 Å². The maximum atomic E-state index is 11.0. The van der Waals surface area contributed by atoms with Crippen LogP contribution in [0.25, 0.3) is 6.08 Å². The van der Waals surface area contributed by atoms with Crippen LogP contribution in [0.3, 0.4) is 0 Å². The molecule has 11 heteroatoms. The van der Waals surface area contributed by atoms with Gasteiger partial charge in [-0.2, -0.15) is 0 Å². The van der Waals surface area contributed by atoms with Gasteiger partial charge in [0.15, 0.2) is 0 Å². The molecule has 2 aromatic rings. The number of hydrogen-bond donors (Lipinski definition) is 3. The number of hydroxylamine groups is 1. The Balaban J connectivity index is 0.00000300. The molecule has 1 amide bonds. The van der Waals surface area contributed by atoms with E-state index < -0.39 is 5.91 Å². The first kappa shape index (κ1) is 28.9. The van der Waals surface area contributed by atoms with Crippen molar-refractivity contribution in [3.05, 3.63) is 54.0 Å². The fourth-order valence-corrected chi connectivity index (χ4v) is 3.32. The molecule has 0 spiro atoms. The summed E-state index contributed by atoms with van der Waals surface area (Å²) in [5.41, 5.74) is 4.66. The van der Waals surface area contributed by atoms with Gasteiger partial charge >= 0.3 is 0 Å². The molecule has 1 atom stereocenters. The van der Waals surface area contributed by atoms with Crippen LogP contribution in [-0.2, 0) is 11.3 Å². The first-order valence-corrected chi connectivity index (χ1v) is 9.23. The van der Waals surface area contributed by atoms with Crippen LogP contribution in [0.1, 0.15) is 17.7 Å². The normalized spacial score (nSPS) is 15.4. The van der Waals surface area contributed by atoms with Crippen LogP contribution in [0.4, 0.5) is 11.5 Å². The third kappa shape index (κ3) is 8.51. The fourth-order valence-electron chi connectivity index (χ4n) is 3.32. The van der Waals surface area contributed by atoms with Crippen molar-refractivity contribution in [3.8, 4) is 0 Å². The number of nitrogens with one attached hydrogen (secondary N) is 2. The third-order valence-electron chi connectivity index (χ3n) is 4.68. The topological polar surface area (TPSA) is 93.6 Å². The Morgan fingerprint density at radius 1 is 1.23 bits per heavy atom. The molecule has 1 saturated heterocycles. The Hall–Kier alpha value is -2.10. The van der Waals surface area contributed by atoms with Gasteiger partial charge in [0, 0.05) is 51.5 Å². The molecule has 0 radical (unpaired) electrons. The molecule has 0 unspecified atom stereocenters. The second kappa shape index (κ2) is 14.1. The molecule has 0 aliphatic carbocycles. The predicted octanol–water partition coefficient (Wildman–Crippen LogP) is 3.01. The first-order chi connectivity index (χ1) is 13.5. The van der Waals surface area contributed by atoms with E-state index in [-0.39, 0.29) is 37.2 Å². The summed E-state index contributed by atoms with van der Waals surface area (Å²) in [4.78, 5) is 24.2. The maximum absolute atomic E-state index is 11.0. The quantitative estimate of drug-likeness (QED) is 0.311. The van der Waals surface area contributed by atoms with Crippen molar-refractivity contribution < 1.29 is 10.0 Å². The molecular weight excluding hydrogens is 463 g/mol. The van der Waals surface area contributed by atoms with Crippen molar-refractivity contribution >= 4 is 60.7 Å². The minimum absolute atomic E-state index is 0. The number of carbonyl (C=O) groups is 1. The van der Waals surface area contributed by atoms with E-state index in [2.05, 4.69) is 63.4 Å². The predicted molar refractivity (Wildman–Crippen MR) is 131 cm³/mol. The van der Waals surface area contributed by atoms with E-state index in [1.165, 1.54) is 28.9 Å². The molecule has 1 aromatic carbocycles. The zero-order valence-electron chi connectivity index (χ0n) is 17.4. The first-order valence-electron chi connectivity index (χ1n) is 9.23. The van der Waals surface area contributed by atoms with Crippen molar-refractivity contribution in [3.63, 3.8) is 0 Å². The molecule has 1 fully saturated rings. The van der Waals surface area contributed by atoms with Gasteiger partial charge in [-0.15, -0.1) is 37.2 Å². The number of halogens is 3. The monoisotopic (exact) mass is 490 g/mol. The second-order valence-corrected chi connectivity index (χ2v) is 7.02. The van der Waals surface area contributed by atoms with Crippen LogP contribution in [0, 0.1) is 0 Å². The van der Waals surface area contributed by atoms with Crippen LogP contribution < -0.4 is 15.7 Å². The molecule has 1 aliphatic rings. The van der Waals surface area contributed by atoms with Gasteiger partial charge in [-0.25, -0.2) is 10.5 Å². The van der Waals surface area contributed by atoms with E-state index >= 15 is 0 Å². The van der Waals surface area contributed by atoms with Crippen LogP contribution in [0.15, 0.2) is 42.7 Å². The molecular formula is C20H29Cl3N6O2. The van der Waals surface area contributed by atoms with Gasteiger partial charge in [-0.1, -0.05) is 18.2 Å². The lowest BCUT2D eigenvalue weighted by atomic mass is 10.1. The number of likely N-dealkylation sites (tertiary alicyclic amines) is 1. The van der Waals surface area contributed by atoms with Gasteiger partial charge in [0.05, 0.1) is 18.1 Å². The molecule has 8 nitrogen and oxygen atoms in total. The summed E-state index contributed by atoms with van der Waals surface area (Å²) in [6.07, 6.45) is 6.97. The Bertz CT molecular complexity index is 836. The number of amides is 1. The highest BCUT2D eigenvalue weighted by atomic mass is 35.5. The van der Waals surface area contributed by atoms with Gasteiger partial charge < -0.3 is 10.2 Å². The van der Waals surface area contributed by atoms with Gasteiger partial charge in [0.1, 0.15) is 5.82 Å². The van der Waals surface area contributed by atoms with E-state index in [9.17, 15) is 4.79 Å². The van der Waals surface area contributed by atoms with E-state index in [4.69, 9.17) is 5.21 Å². The summed E-state index contributed by atoms with van der Waals surface area (Å²) in [5, 5.41) is 11.9. The summed E-state index contributed by atoms with van der Waals surface area (Å²) in [7, 11) is 4.14. The number of rotatable bonds is 7. The Kier molecular flexibility index (Phi) is 13.1. The average Bonchev–Trinajstić information content (AvgIpc) is 3.14. The minimum atomic E-state index is -0.606. The molecule has 1 aromatic heterocycles. The van der Waals surface area contributed by atoms with Crippen molar-refractivity contribution in [2.24, 2.45) is 0 Å². The zero-order chi connectivity index (χ0) is 19.9. The van der Waals surface area contributed by atoms with E-state index in [0.717, 1.165) is 26.1 Å². The molecule has 172 valence electrons. The number of anilines is 2. The SMILES string of the molecule is CN(C)c1ccccc1CN1CC[C@@H](Nc2cnc(C=CC(=O)NO)cn2)C1.Cl.Cl.Cl. The molecule has 0 bridgehead atoms. The summed E-state index contributed by atoms with van der Waals surface area (Å²) in [5.74, 6) is 0.107. The number of carbonyl (C=O) groups excluding carboxylic acids is 1. The fraction of sp³-hybridized carbons (Fsp3) is 0.350. The summed E-state index contributed by atoms with van der Waals surface area (Å²) in [6, 6.07) is 8.81. The molecule has 3 N–H and O–H groups in total. The number of aromatic nitrogens is 2. The van der Waals surface area contributed by atoms with Gasteiger partial charge in [-0.3, -0.25) is 19.9 Å².